The molecule has 96 valence electrons. The Hall–Kier alpha value is -0.930. The fourth-order valence-corrected chi connectivity index (χ4v) is 2.83. The Morgan fingerprint density at radius 2 is 1.78 bits per heavy atom. The summed E-state index contributed by atoms with van der Waals surface area (Å²) in [5.41, 5.74) is 6.92. The molecule has 0 bridgehead atoms. The molecule has 1 heterocycles. The lowest BCUT2D eigenvalue weighted by Gasteiger charge is -2.20. The summed E-state index contributed by atoms with van der Waals surface area (Å²) in [4.78, 5) is 0. The highest BCUT2D eigenvalue weighted by molar-refractivity contribution is 9.10. The van der Waals surface area contributed by atoms with E-state index in [0.717, 1.165) is 15.1 Å². The van der Waals surface area contributed by atoms with E-state index in [0.29, 0.717) is 0 Å². The topological polar surface area (TPSA) is 17.0 Å². The van der Waals surface area contributed by atoms with Crippen LogP contribution in [-0.2, 0) is 0 Å². The first kappa shape index (κ1) is 13.5. The standard InChI is InChI=1S/C14H16BrClN2/c1-9-4-5-10(2)18(9)17-11(3)13-7-6-12(15)8-14(13)16/h4-8,11,17H,1-3H3. The van der Waals surface area contributed by atoms with Crippen molar-refractivity contribution in [3.8, 4) is 0 Å². The number of hydrogen-bond acceptors (Lipinski definition) is 1. The average molecular weight is 328 g/mol. The highest BCUT2D eigenvalue weighted by Gasteiger charge is 2.11. The summed E-state index contributed by atoms with van der Waals surface area (Å²) in [5.74, 6) is 0. The fourth-order valence-electron chi connectivity index (χ4n) is 1.99. The van der Waals surface area contributed by atoms with Gasteiger partial charge in [0.05, 0.1) is 6.04 Å². The van der Waals surface area contributed by atoms with E-state index in [1.54, 1.807) is 0 Å². The van der Waals surface area contributed by atoms with Gasteiger partial charge < -0.3 is 5.43 Å². The zero-order chi connectivity index (χ0) is 13.3. The van der Waals surface area contributed by atoms with Gasteiger partial charge in [-0.1, -0.05) is 33.6 Å². The van der Waals surface area contributed by atoms with Crippen LogP contribution in [0.5, 0.6) is 0 Å². The monoisotopic (exact) mass is 326 g/mol. The second-order valence-electron chi connectivity index (χ2n) is 4.47. The average Bonchev–Trinajstić information content (AvgIpc) is 2.60. The van der Waals surface area contributed by atoms with Crippen LogP contribution >= 0.6 is 27.5 Å². The minimum atomic E-state index is 0.149. The molecule has 0 aliphatic carbocycles. The van der Waals surface area contributed by atoms with Crippen LogP contribution in [0.3, 0.4) is 0 Å². The van der Waals surface area contributed by atoms with Gasteiger partial charge in [-0.25, -0.2) is 0 Å². The molecule has 0 saturated carbocycles. The van der Waals surface area contributed by atoms with Crippen molar-refractivity contribution in [3.05, 3.63) is 56.8 Å². The number of nitrogens with zero attached hydrogens (tertiary/aromatic N) is 1. The maximum Gasteiger partial charge on any atom is 0.0660 e. The van der Waals surface area contributed by atoms with Crippen LogP contribution in [0, 0.1) is 13.8 Å². The zero-order valence-electron chi connectivity index (χ0n) is 10.7. The molecule has 0 spiro atoms. The second-order valence-corrected chi connectivity index (χ2v) is 5.79. The quantitative estimate of drug-likeness (QED) is 0.854. The highest BCUT2D eigenvalue weighted by atomic mass is 79.9. The maximum atomic E-state index is 6.26. The van der Waals surface area contributed by atoms with Crippen LogP contribution in [0.15, 0.2) is 34.8 Å². The SMILES string of the molecule is Cc1ccc(C)n1NC(C)c1ccc(Br)cc1Cl. The van der Waals surface area contributed by atoms with Gasteiger partial charge in [0.25, 0.3) is 0 Å². The van der Waals surface area contributed by atoms with Gasteiger partial charge >= 0.3 is 0 Å². The van der Waals surface area contributed by atoms with Crippen LogP contribution in [0.2, 0.25) is 5.02 Å². The lowest BCUT2D eigenvalue weighted by molar-refractivity contribution is 0.699. The van der Waals surface area contributed by atoms with E-state index >= 15 is 0 Å². The third kappa shape index (κ3) is 2.73. The third-order valence-corrected chi connectivity index (χ3v) is 3.84. The number of hydrogen-bond donors (Lipinski definition) is 1. The van der Waals surface area contributed by atoms with E-state index in [2.05, 4.69) is 58.9 Å². The minimum absolute atomic E-state index is 0.149. The molecule has 1 aromatic heterocycles. The van der Waals surface area contributed by atoms with Gasteiger partial charge in [-0.3, -0.25) is 4.68 Å². The normalized spacial score (nSPS) is 12.5. The lowest BCUT2D eigenvalue weighted by atomic mass is 10.1. The van der Waals surface area contributed by atoms with Crippen LogP contribution in [0.1, 0.15) is 29.9 Å². The molecular weight excluding hydrogens is 312 g/mol. The van der Waals surface area contributed by atoms with Gasteiger partial charge in [0, 0.05) is 20.9 Å². The Morgan fingerprint density at radius 1 is 1.17 bits per heavy atom. The van der Waals surface area contributed by atoms with Crippen molar-refractivity contribution in [2.24, 2.45) is 0 Å². The molecular formula is C14H16BrClN2. The molecule has 2 nitrogen and oxygen atoms in total. The Labute approximate surface area is 121 Å². The minimum Gasteiger partial charge on any atom is -0.319 e. The predicted molar refractivity (Wildman–Crippen MR) is 80.8 cm³/mol. The smallest absolute Gasteiger partial charge is 0.0660 e. The first-order valence-electron chi connectivity index (χ1n) is 5.85. The van der Waals surface area contributed by atoms with Crippen molar-refractivity contribution in [2.75, 3.05) is 5.43 Å². The first-order valence-corrected chi connectivity index (χ1v) is 7.02. The van der Waals surface area contributed by atoms with Crippen molar-refractivity contribution >= 4 is 27.5 Å². The number of nitrogens with one attached hydrogen (secondary N) is 1. The van der Waals surface area contributed by atoms with Crippen LogP contribution < -0.4 is 5.43 Å². The molecule has 2 aromatic rings. The Bertz CT molecular complexity index is 543. The van der Waals surface area contributed by atoms with Gasteiger partial charge in [-0.2, -0.15) is 0 Å². The fraction of sp³-hybridized carbons (Fsp3) is 0.286. The molecule has 0 aliphatic rings. The molecule has 0 radical (unpaired) electrons. The van der Waals surface area contributed by atoms with Crippen molar-refractivity contribution in [1.29, 1.82) is 0 Å². The summed E-state index contributed by atoms with van der Waals surface area (Å²) in [7, 11) is 0. The van der Waals surface area contributed by atoms with Crippen LogP contribution in [-0.4, -0.2) is 4.68 Å². The molecule has 0 saturated heterocycles. The van der Waals surface area contributed by atoms with Crippen molar-refractivity contribution in [2.45, 2.75) is 26.8 Å². The van der Waals surface area contributed by atoms with Gasteiger partial charge in [0.15, 0.2) is 0 Å². The van der Waals surface area contributed by atoms with E-state index < -0.39 is 0 Å². The highest BCUT2D eigenvalue weighted by Crippen LogP contribution is 2.27. The number of rotatable bonds is 3. The van der Waals surface area contributed by atoms with E-state index in [1.807, 2.05) is 18.2 Å². The van der Waals surface area contributed by atoms with Gasteiger partial charge in [-0.15, -0.1) is 0 Å². The number of benzene rings is 1. The molecule has 1 unspecified atom stereocenters. The number of aromatic nitrogens is 1. The summed E-state index contributed by atoms with van der Waals surface area (Å²) in [5, 5.41) is 0.770. The van der Waals surface area contributed by atoms with Crippen LogP contribution in [0.4, 0.5) is 0 Å². The summed E-state index contributed by atoms with van der Waals surface area (Å²) in [6, 6.07) is 10.3. The van der Waals surface area contributed by atoms with E-state index in [4.69, 9.17) is 11.6 Å². The molecule has 0 amide bonds. The molecule has 1 N–H and O–H groups in total. The largest absolute Gasteiger partial charge is 0.319 e. The van der Waals surface area contributed by atoms with Crippen molar-refractivity contribution < 1.29 is 0 Å². The molecule has 4 heteroatoms. The number of halogens is 2. The van der Waals surface area contributed by atoms with Gasteiger partial charge in [-0.05, 0) is 50.6 Å². The summed E-state index contributed by atoms with van der Waals surface area (Å²) < 4.78 is 3.08. The summed E-state index contributed by atoms with van der Waals surface area (Å²) in [6.07, 6.45) is 0. The maximum absolute atomic E-state index is 6.26. The lowest BCUT2D eigenvalue weighted by Crippen LogP contribution is -2.21. The van der Waals surface area contributed by atoms with Gasteiger partial charge in [0.2, 0.25) is 0 Å². The molecule has 0 aliphatic heterocycles. The Kier molecular flexibility index (Phi) is 4.03. The molecule has 1 aromatic carbocycles. The Balaban J connectivity index is 2.24. The van der Waals surface area contributed by atoms with E-state index in [9.17, 15) is 0 Å². The molecule has 0 fully saturated rings. The predicted octanol–water partition coefficient (Wildman–Crippen LogP) is 4.83. The molecule has 1 atom stereocenters. The second kappa shape index (κ2) is 5.37. The molecule has 18 heavy (non-hydrogen) atoms. The summed E-state index contributed by atoms with van der Waals surface area (Å²) in [6.45, 7) is 6.26. The van der Waals surface area contributed by atoms with Crippen LogP contribution in [0.25, 0.3) is 0 Å². The van der Waals surface area contributed by atoms with E-state index in [1.165, 1.54) is 11.4 Å². The van der Waals surface area contributed by atoms with Crippen molar-refractivity contribution in [3.63, 3.8) is 0 Å². The number of aryl methyl sites for hydroxylation is 2. The Morgan fingerprint density at radius 3 is 2.33 bits per heavy atom. The zero-order valence-corrected chi connectivity index (χ0v) is 13.0. The van der Waals surface area contributed by atoms with Crippen molar-refractivity contribution in [1.82, 2.24) is 4.68 Å². The third-order valence-electron chi connectivity index (χ3n) is 3.02. The first-order chi connectivity index (χ1) is 8.49. The summed E-state index contributed by atoms with van der Waals surface area (Å²) >= 11 is 9.68. The van der Waals surface area contributed by atoms with E-state index in [-0.39, 0.29) is 6.04 Å². The van der Waals surface area contributed by atoms with Gasteiger partial charge in [0.1, 0.15) is 0 Å². The molecule has 2 rings (SSSR count).